The largest absolute Gasteiger partial charge is 0.462 e. The minimum atomic E-state index is -0.541. The third-order valence-electron chi connectivity index (χ3n) is 4.11. The minimum Gasteiger partial charge on any atom is -0.462 e. The Labute approximate surface area is 151 Å². The average Bonchev–Trinajstić information content (AvgIpc) is 2.89. The molecular formula is C19H23N3O4. The van der Waals surface area contributed by atoms with Crippen LogP contribution in [0.5, 0.6) is 0 Å². The number of hydrogen-bond donors (Lipinski definition) is 3. The van der Waals surface area contributed by atoms with Crippen LogP contribution in [-0.2, 0) is 4.74 Å². The van der Waals surface area contributed by atoms with Gasteiger partial charge in [0, 0.05) is 16.9 Å². The number of anilines is 1. The van der Waals surface area contributed by atoms with Gasteiger partial charge in [-0.15, -0.1) is 0 Å². The van der Waals surface area contributed by atoms with Gasteiger partial charge in [-0.2, -0.15) is 0 Å². The number of ether oxygens (including phenoxy) is 1. The maximum absolute atomic E-state index is 12.8. The van der Waals surface area contributed by atoms with Crippen LogP contribution < -0.4 is 11.1 Å². The van der Waals surface area contributed by atoms with E-state index in [0.29, 0.717) is 33.8 Å². The van der Waals surface area contributed by atoms with Crippen LogP contribution in [0.2, 0.25) is 0 Å². The number of carbonyl (C=O) groups excluding carboxylic acids is 3. The Hall–Kier alpha value is -3.09. The third-order valence-corrected chi connectivity index (χ3v) is 4.11. The Morgan fingerprint density at radius 2 is 1.81 bits per heavy atom. The predicted molar refractivity (Wildman–Crippen MR) is 98.6 cm³/mol. The molecule has 4 N–H and O–H groups in total. The third kappa shape index (κ3) is 3.93. The quantitative estimate of drug-likeness (QED) is 0.520. The number of hydrogen-bond acceptors (Lipinski definition) is 5. The molecule has 0 saturated carbocycles. The molecule has 0 fully saturated rings. The molecule has 1 aromatic heterocycles. The highest BCUT2D eigenvalue weighted by molar-refractivity contribution is 6.04. The molecule has 0 radical (unpaired) electrons. The summed E-state index contributed by atoms with van der Waals surface area (Å²) in [6, 6.07) is 6.00. The van der Waals surface area contributed by atoms with Gasteiger partial charge in [0.15, 0.2) is 0 Å². The number of nitrogens with one attached hydrogen (secondary N) is 2. The summed E-state index contributed by atoms with van der Waals surface area (Å²) in [5.41, 5.74) is 8.23. The first kappa shape index (κ1) is 19.2. The van der Waals surface area contributed by atoms with E-state index in [-0.39, 0.29) is 12.4 Å². The van der Waals surface area contributed by atoms with Crippen molar-refractivity contribution in [3.63, 3.8) is 0 Å². The molecule has 26 heavy (non-hydrogen) atoms. The highest BCUT2D eigenvalue weighted by Crippen LogP contribution is 2.21. The Balaban J connectivity index is 2.19. The zero-order chi connectivity index (χ0) is 19.4. The summed E-state index contributed by atoms with van der Waals surface area (Å²) in [5.74, 6) is -1.13. The molecule has 1 atom stereocenters. The van der Waals surface area contributed by atoms with Gasteiger partial charge < -0.3 is 20.8 Å². The first-order valence-electron chi connectivity index (χ1n) is 8.33. The van der Waals surface area contributed by atoms with Crippen molar-refractivity contribution in [3.8, 4) is 0 Å². The SMILES string of the molecule is CCOC(=O)c1c(C)[nH]c(C(=O)C(C)Nc2ccc(C(N)=O)cc2)c1C. The number of H-pyrrole nitrogens is 1. The summed E-state index contributed by atoms with van der Waals surface area (Å²) in [7, 11) is 0. The first-order valence-corrected chi connectivity index (χ1v) is 8.33. The van der Waals surface area contributed by atoms with Gasteiger partial charge >= 0.3 is 5.97 Å². The van der Waals surface area contributed by atoms with E-state index in [4.69, 9.17) is 10.5 Å². The molecule has 7 heteroatoms. The fourth-order valence-corrected chi connectivity index (χ4v) is 2.77. The zero-order valence-electron chi connectivity index (χ0n) is 15.3. The molecule has 0 spiro atoms. The number of primary amides is 1. The van der Waals surface area contributed by atoms with Crippen LogP contribution in [-0.4, -0.2) is 35.3 Å². The van der Waals surface area contributed by atoms with Crippen molar-refractivity contribution in [2.24, 2.45) is 5.73 Å². The van der Waals surface area contributed by atoms with E-state index in [9.17, 15) is 14.4 Å². The van der Waals surface area contributed by atoms with Gasteiger partial charge in [-0.05, 0) is 57.5 Å². The Kier molecular flexibility index (Phi) is 5.82. The molecule has 138 valence electrons. The first-order chi connectivity index (χ1) is 12.3. The summed E-state index contributed by atoms with van der Waals surface area (Å²) in [6.07, 6.45) is 0. The molecule has 1 unspecified atom stereocenters. The summed E-state index contributed by atoms with van der Waals surface area (Å²) < 4.78 is 5.05. The number of benzene rings is 1. The highest BCUT2D eigenvalue weighted by Gasteiger charge is 2.25. The summed E-state index contributed by atoms with van der Waals surface area (Å²) in [4.78, 5) is 38.9. The Morgan fingerprint density at radius 3 is 2.35 bits per heavy atom. The van der Waals surface area contributed by atoms with E-state index in [1.54, 1.807) is 52.0 Å². The van der Waals surface area contributed by atoms with Crippen molar-refractivity contribution in [3.05, 3.63) is 52.3 Å². The van der Waals surface area contributed by atoms with E-state index in [2.05, 4.69) is 10.3 Å². The fourth-order valence-electron chi connectivity index (χ4n) is 2.77. The lowest BCUT2D eigenvalue weighted by atomic mass is 10.0. The number of rotatable bonds is 7. The lowest BCUT2D eigenvalue weighted by molar-refractivity contribution is 0.0525. The second kappa shape index (κ2) is 7.86. The van der Waals surface area contributed by atoms with Crippen LogP contribution >= 0.6 is 0 Å². The van der Waals surface area contributed by atoms with Crippen molar-refractivity contribution in [2.45, 2.75) is 33.7 Å². The van der Waals surface area contributed by atoms with E-state index in [1.165, 1.54) is 0 Å². The van der Waals surface area contributed by atoms with Crippen molar-refractivity contribution >= 4 is 23.3 Å². The summed E-state index contributed by atoms with van der Waals surface area (Å²) in [5, 5.41) is 3.08. The van der Waals surface area contributed by atoms with Crippen LogP contribution in [0.1, 0.15) is 56.3 Å². The highest BCUT2D eigenvalue weighted by atomic mass is 16.5. The average molecular weight is 357 g/mol. The van der Waals surface area contributed by atoms with E-state index >= 15 is 0 Å². The summed E-state index contributed by atoms with van der Waals surface area (Å²) in [6.45, 7) is 7.18. The summed E-state index contributed by atoms with van der Waals surface area (Å²) >= 11 is 0. The Morgan fingerprint density at radius 1 is 1.19 bits per heavy atom. The van der Waals surface area contributed by atoms with Gasteiger partial charge in [0.25, 0.3) is 0 Å². The van der Waals surface area contributed by atoms with Gasteiger partial charge in [0.2, 0.25) is 11.7 Å². The van der Waals surface area contributed by atoms with Crippen LogP contribution in [0.4, 0.5) is 5.69 Å². The minimum absolute atomic E-state index is 0.180. The molecule has 1 heterocycles. The van der Waals surface area contributed by atoms with Crippen LogP contribution in [0.15, 0.2) is 24.3 Å². The maximum Gasteiger partial charge on any atom is 0.340 e. The molecule has 2 aromatic rings. The molecule has 0 aliphatic carbocycles. The van der Waals surface area contributed by atoms with Crippen LogP contribution in [0.25, 0.3) is 0 Å². The number of aryl methyl sites for hydroxylation is 1. The number of aromatic nitrogens is 1. The van der Waals surface area contributed by atoms with Crippen LogP contribution in [0.3, 0.4) is 0 Å². The number of nitrogens with two attached hydrogens (primary N) is 1. The number of carbonyl (C=O) groups is 3. The molecule has 0 aliphatic heterocycles. The molecule has 1 aromatic carbocycles. The van der Waals surface area contributed by atoms with Crippen molar-refractivity contribution in [1.29, 1.82) is 0 Å². The normalized spacial score (nSPS) is 11.7. The number of aromatic amines is 1. The lowest BCUT2D eigenvalue weighted by Crippen LogP contribution is -2.27. The van der Waals surface area contributed by atoms with Gasteiger partial charge in [-0.25, -0.2) is 4.79 Å². The van der Waals surface area contributed by atoms with Crippen molar-refractivity contribution in [2.75, 3.05) is 11.9 Å². The van der Waals surface area contributed by atoms with Crippen LogP contribution in [0, 0.1) is 13.8 Å². The van der Waals surface area contributed by atoms with Gasteiger partial charge in [0.05, 0.1) is 23.9 Å². The number of Topliss-reactive ketones (excluding diaryl/α,β-unsaturated/α-hetero) is 1. The molecule has 7 nitrogen and oxygen atoms in total. The second-order valence-corrected chi connectivity index (χ2v) is 6.02. The zero-order valence-corrected chi connectivity index (χ0v) is 15.3. The van der Waals surface area contributed by atoms with Gasteiger partial charge in [0.1, 0.15) is 0 Å². The lowest BCUT2D eigenvalue weighted by Gasteiger charge is -2.14. The fraction of sp³-hybridized carbons (Fsp3) is 0.316. The number of esters is 1. The predicted octanol–water partition coefficient (Wildman–Crippen LogP) is 2.59. The molecule has 2 rings (SSSR count). The van der Waals surface area contributed by atoms with E-state index in [1.807, 2.05) is 0 Å². The monoisotopic (exact) mass is 357 g/mol. The van der Waals surface area contributed by atoms with E-state index < -0.39 is 17.9 Å². The molecule has 0 saturated heterocycles. The van der Waals surface area contributed by atoms with Gasteiger partial charge in [-0.1, -0.05) is 0 Å². The van der Waals surface area contributed by atoms with Crippen molar-refractivity contribution in [1.82, 2.24) is 4.98 Å². The second-order valence-electron chi connectivity index (χ2n) is 6.02. The maximum atomic E-state index is 12.8. The smallest absolute Gasteiger partial charge is 0.340 e. The standard InChI is InChI=1S/C19H23N3O4/c1-5-26-19(25)15-10(2)16(22-11(15)3)17(23)12(4)21-14-8-6-13(7-9-14)18(20)24/h6-9,12,21-22H,5H2,1-4H3,(H2,20,24). The number of ketones is 1. The molecule has 0 aliphatic rings. The van der Waals surface area contributed by atoms with E-state index in [0.717, 1.165) is 0 Å². The van der Waals surface area contributed by atoms with Crippen molar-refractivity contribution < 1.29 is 19.1 Å². The van der Waals surface area contributed by atoms with Gasteiger partial charge in [-0.3, -0.25) is 9.59 Å². The number of amides is 1. The Bertz CT molecular complexity index is 837. The molecule has 1 amide bonds. The molecule has 0 bridgehead atoms. The molecular weight excluding hydrogens is 334 g/mol. The topological polar surface area (TPSA) is 114 Å².